The van der Waals surface area contributed by atoms with Crippen molar-refractivity contribution in [1.82, 2.24) is 0 Å². The molecule has 0 heterocycles. The minimum Gasteiger partial charge on any atom is -0.465 e. The van der Waals surface area contributed by atoms with Crippen LogP contribution in [-0.2, 0) is 9.47 Å². The van der Waals surface area contributed by atoms with Crippen LogP contribution in [-0.4, -0.2) is 25.7 Å². The van der Waals surface area contributed by atoms with E-state index in [1.165, 1.54) is 7.11 Å². The lowest BCUT2D eigenvalue weighted by atomic mass is 9.95. The predicted molar refractivity (Wildman–Crippen MR) is 79.2 cm³/mol. The SMILES string of the molecule is CCOC(=O)c1ccccc1-c1ccccc1C(=O)OC. The fourth-order valence-corrected chi connectivity index (χ4v) is 2.11. The van der Waals surface area contributed by atoms with Gasteiger partial charge in [0, 0.05) is 0 Å². The van der Waals surface area contributed by atoms with Crippen LogP contribution in [0.25, 0.3) is 11.1 Å². The van der Waals surface area contributed by atoms with Crippen LogP contribution >= 0.6 is 0 Å². The second-order valence-corrected chi connectivity index (χ2v) is 4.30. The van der Waals surface area contributed by atoms with Crippen molar-refractivity contribution < 1.29 is 19.1 Å². The highest BCUT2D eigenvalue weighted by molar-refractivity contribution is 6.03. The summed E-state index contributed by atoms with van der Waals surface area (Å²) in [5, 5.41) is 0. The molecule has 2 aromatic rings. The number of hydrogen-bond donors (Lipinski definition) is 0. The van der Waals surface area contributed by atoms with E-state index in [-0.39, 0.29) is 0 Å². The van der Waals surface area contributed by atoms with Gasteiger partial charge < -0.3 is 9.47 Å². The van der Waals surface area contributed by atoms with Gasteiger partial charge in [0.25, 0.3) is 0 Å². The van der Waals surface area contributed by atoms with Crippen LogP contribution in [0.15, 0.2) is 48.5 Å². The van der Waals surface area contributed by atoms with Crippen molar-refractivity contribution in [1.29, 1.82) is 0 Å². The molecule has 0 fully saturated rings. The standard InChI is InChI=1S/C17H16O4/c1-3-21-17(19)15-11-7-5-9-13(15)12-8-4-6-10-14(12)16(18)20-2/h4-11H,3H2,1-2H3. The molecule has 0 bridgehead atoms. The van der Waals surface area contributed by atoms with Gasteiger partial charge in [-0.2, -0.15) is 0 Å². The maximum Gasteiger partial charge on any atom is 0.338 e. The average molecular weight is 284 g/mol. The van der Waals surface area contributed by atoms with Gasteiger partial charge in [0.15, 0.2) is 0 Å². The van der Waals surface area contributed by atoms with E-state index >= 15 is 0 Å². The Morgan fingerprint density at radius 2 is 1.33 bits per heavy atom. The lowest BCUT2D eigenvalue weighted by molar-refractivity contribution is 0.0525. The number of benzene rings is 2. The van der Waals surface area contributed by atoms with Crippen LogP contribution in [0.3, 0.4) is 0 Å². The third kappa shape index (κ3) is 3.11. The van der Waals surface area contributed by atoms with Crippen molar-refractivity contribution in [3.63, 3.8) is 0 Å². The molecule has 108 valence electrons. The second-order valence-electron chi connectivity index (χ2n) is 4.30. The minimum atomic E-state index is -0.440. The van der Waals surface area contributed by atoms with Crippen LogP contribution < -0.4 is 0 Å². The largest absolute Gasteiger partial charge is 0.465 e. The Hall–Kier alpha value is -2.62. The van der Waals surface area contributed by atoms with Crippen molar-refractivity contribution in [3.05, 3.63) is 59.7 Å². The summed E-state index contributed by atoms with van der Waals surface area (Å²) in [5.41, 5.74) is 2.14. The van der Waals surface area contributed by atoms with Gasteiger partial charge in [0.05, 0.1) is 24.8 Å². The third-order valence-corrected chi connectivity index (χ3v) is 3.04. The Balaban J connectivity index is 2.58. The Kier molecular flexibility index (Phi) is 4.72. The molecule has 0 N–H and O–H groups in total. The molecule has 0 aliphatic heterocycles. The summed E-state index contributed by atoms with van der Waals surface area (Å²) in [6.07, 6.45) is 0. The normalized spacial score (nSPS) is 10.0. The molecule has 0 aliphatic rings. The Morgan fingerprint density at radius 1 is 0.857 bits per heavy atom. The maximum atomic E-state index is 12.1. The highest BCUT2D eigenvalue weighted by Crippen LogP contribution is 2.28. The Bertz CT molecular complexity index is 661. The van der Waals surface area contributed by atoms with Crippen molar-refractivity contribution in [2.24, 2.45) is 0 Å². The van der Waals surface area contributed by atoms with Crippen molar-refractivity contribution in [2.45, 2.75) is 6.92 Å². The Morgan fingerprint density at radius 3 is 1.81 bits per heavy atom. The first kappa shape index (κ1) is 14.8. The van der Waals surface area contributed by atoms with E-state index in [2.05, 4.69) is 0 Å². The molecule has 0 aliphatic carbocycles. The Labute approximate surface area is 123 Å². The highest BCUT2D eigenvalue weighted by atomic mass is 16.5. The first-order chi connectivity index (χ1) is 10.2. The van der Waals surface area contributed by atoms with Gasteiger partial charge in [0.1, 0.15) is 0 Å². The fraction of sp³-hybridized carbons (Fsp3) is 0.176. The van der Waals surface area contributed by atoms with E-state index in [0.717, 1.165) is 0 Å². The van der Waals surface area contributed by atoms with E-state index in [1.54, 1.807) is 43.3 Å². The lowest BCUT2D eigenvalue weighted by Gasteiger charge is -2.12. The molecule has 2 rings (SSSR count). The number of carbonyl (C=O) groups excluding carboxylic acids is 2. The molecule has 4 heteroatoms. The van der Waals surface area contributed by atoms with Crippen LogP contribution in [0.2, 0.25) is 0 Å². The van der Waals surface area contributed by atoms with Gasteiger partial charge in [-0.15, -0.1) is 0 Å². The van der Waals surface area contributed by atoms with Gasteiger partial charge in [-0.05, 0) is 30.2 Å². The predicted octanol–water partition coefficient (Wildman–Crippen LogP) is 3.32. The minimum absolute atomic E-state index is 0.297. The van der Waals surface area contributed by atoms with E-state index in [1.807, 2.05) is 12.1 Å². The van der Waals surface area contributed by atoms with Crippen molar-refractivity contribution >= 4 is 11.9 Å². The smallest absolute Gasteiger partial charge is 0.338 e. The quantitative estimate of drug-likeness (QED) is 0.808. The number of ether oxygens (including phenoxy) is 2. The number of carbonyl (C=O) groups is 2. The summed E-state index contributed by atoms with van der Waals surface area (Å²) in [7, 11) is 1.33. The van der Waals surface area contributed by atoms with Gasteiger partial charge in [-0.25, -0.2) is 9.59 Å². The molecular formula is C17H16O4. The third-order valence-electron chi connectivity index (χ3n) is 3.04. The molecule has 4 nitrogen and oxygen atoms in total. The summed E-state index contributed by atoms with van der Waals surface area (Å²) < 4.78 is 9.85. The molecular weight excluding hydrogens is 268 g/mol. The van der Waals surface area contributed by atoms with Gasteiger partial charge in [-0.3, -0.25) is 0 Å². The van der Waals surface area contributed by atoms with E-state index in [4.69, 9.17) is 9.47 Å². The van der Waals surface area contributed by atoms with Gasteiger partial charge >= 0.3 is 11.9 Å². The zero-order chi connectivity index (χ0) is 15.2. The first-order valence-electron chi connectivity index (χ1n) is 6.63. The van der Waals surface area contributed by atoms with Crippen LogP contribution in [0.1, 0.15) is 27.6 Å². The summed E-state index contributed by atoms with van der Waals surface area (Å²) in [5.74, 6) is -0.850. The molecule has 0 atom stereocenters. The van der Waals surface area contributed by atoms with E-state index < -0.39 is 11.9 Å². The second kappa shape index (κ2) is 6.70. The molecule has 0 amide bonds. The fourth-order valence-electron chi connectivity index (χ4n) is 2.11. The summed E-state index contributed by atoms with van der Waals surface area (Å²) >= 11 is 0. The van der Waals surface area contributed by atoms with E-state index in [0.29, 0.717) is 28.9 Å². The van der Waals surface area contributed by atoms with Crippen LogP contribution in [0.4, 0.5) is 0 Å². The van der Waals surface area contributed by atoms with Crippen LogP contribution in [0.5, 0.6) is 0 Å². The lowest BCUT2D eigenvalue weighted by Crippen LogP contribution is -2.08. The molecule has 0 unspecified atom stereocenters. The molecule has 0 spiro atoms. The van der Waals surface area contributed by atoms with E-state index in [9.17, 15) is 9.59 Å². The number of esters is 2. The molecule has 2 aromatic carbocycles. The molecule has 0 radical (unpaired) electrons. The van der Waals surface area contributed by atoms with Crippen molar-refractivity contribution in [3.8, 4) is 11.1 Å². The van der Waals surface area contributed by atoms with Gasteiger partial charge in [-0.1, -0.05) is 36.4 Å². The summed E-state index contributed by atoms with van der Waals surface area (Å²) in [6, 6.07) is 14.1. The number of methoxy groups -OCH3 is 1. The summed E-state index contributed by atoms with van der Waals surface area (Å²) in [6.45, 7) is 2.05. The van der Waals surface area contributed by atoms with Gasteiger partial charge in [0.2, 0.25) is 0 Å². The highest BCUT2D eigenvalue weighted by Gasteiger charge is 2.18. The number of hydrogen-bond acceptors (Lipinski definition) is 4. The molecule has 0 aromatic heterocycles. The molecule has 21 heavy (non-hydrogen) atoms. The zero-order valence-corrected chi connectivity index (χ0v) is 12.0. The van der Waals surface area contributed by atoms with Crippen molar-refractivity contribution in [2.75, 3.05) is 13.7 Å². The molecule has 0 saturated heterocycles. The maximum absolute atomic E-state index is 12.1. The topological polar surface area (TPSA) is 52.6 Å². The summed E-state index contributed by atoms with van der Waals surface area (Å²) in [4.78, 5) is 23.9. The molecule has 0 saturated carbocycles. The zero-order valence-electron chi connectivity index (χ0n) is 12.0. The van der Waals surface area contributed by atoms with Crippen LogP contribution in [0, 0.1) is 0 Å². The first-order valence-corrected chi connectivity index (χ1v) is 6.63. The monoisotopic (exact) mass is 284 g/mol. The average Bonchev–Trinajstić information content (AvgIpc) is 2.54. The number of rotatable bonds is 4.